The predicted octanol–water partition coefficient (Wildman–Crippen LogP) is 3.37. The molecule has 3 aromatic carbocycles. The van der Waals surface area contributed by atoms with Gasteiger partial charge >= 0.3 is 12.1 Å². The van der Waals surface area contributed by atoms with E-state index in [1.54, 1.807) is 17.0 Å². The van der Waals surface area contributed by atoms with Crippen molar-refractivity contribution in [2.45, 2.75) is 43.6 Å². The summed E-state index contributed by atoms with van der Waals surface area (Å²) in [5, 5.41) is 17.6. The van der Waals surface area contributed by atoms with Crippen molar-refractivity contribution in [2.75, 3.05) is 6.54 Å². The first kappa shape index (κ1) is 31.8. The predicted molar refractivity (Wildman–Crippen MR) is 150 cm³/mol. The first-order chi connectivity index (χ1) is 19.9. The summed E-state index contributed by atoms with van der Waals surface area (Å²) in [6.45, 7) is 0.840. The number of amidine groups is 1. The molecule has 3 aromatic rings. The minimum atomic E-state index is -5.08. The summed E-state index contributed by atoms with van der Waals surface area (Å²) in [5.41, 5.74) is 15.6. The molecule has 12 heteroatoms. The maximum Gasteiger partial charge on any atom is 0.490 e. The summed E-state index contributed by atoms with van der Waals surface area (Å²) in [6, 6.07) is 25.4. The van der Waals surface area contributed by atoms with Crippen molar-refractivity contribution in [2.24, 2.45) is 11.5 Å². The minimum Gasteiger partial charge on any atom is -0.475 e. The highest BCUT2D eigenvalue weighted by Crippen LogP contribution is 2.30. The van der Waals surface area contributed by atoms with Crippen LogP contribution in [-0.2, 0) is 20.9 Å². The van der Waals surface area contributed by atoms with Crippen LogP contribution < -0.4 is 16.8 Å². The average Bonchev–Trinajstić information content (AvgIpc) is 3.47. The van der Waals surface area contributed by atoms with Crippen molar-refractivity contribution in [3.8, 4) is 0 Å². The molecule has 0 aromatic heterocycles. The minimum absolute atomic E-state index is 0.00124. The third kappa shape index (κ3) is 8.40. The van der Waals surface area contributed by atoms with Crippen LogP contribution in [0.25, 0.3) is 0 Å². The van der Waals surface area contributed by atoms with Crippen LogP contribution in [0.2, 0.25) is 0 Å². The summed E-state index contributed by atoms with van der Waals surface area (Å²) >= 11 is 0. The maximum atomic E-state index is 13.6. The number of alkyl halides is 3. The molecule has 1 saturated heterocycles. The van der Waals surface area contributed by atoms with E-state index in [2.05, 4.69) is 5.32 Å². The van der Waals surface area contributed by atoms with Gasteiger partial charge in [-0.25, -0.2) is 4.79 Å². The van der Waals surface area contributed by atoms with Gasteiger partial charge in [-0.15, -0.1) is 0 Å². The summed E-state index contributed by atoms with van der Waals surface area (Å²) in [6.07, 6.45) is -3.72. The van der Waals surface area contributed by atoms with E-state index in [9.17, 15) is 22.8 Å². The Morgan fingerprint density at radius 3 is 1.90 bits per heavy atom. The zero-order valence-electron chi connectivity index (χ0n) is 22.6. The molecule has 42 heavy (non-hydrogen) atoms. The van der Waals surface area contributed by atoms with E-state index in [4.69, 9.17) is 26.8 Å². The number of halogens is 3. The smallest absolute Gasteiger partial charge is 0.475 e. The lowest BCUT2D eigenvalue weighted by Gasteiger charge is -2.31. The van der Waals surface area contributed by atoms with Gasteiger partial charge in [-0.05, 0) is 29.5 Å². The highest BCUT2D eigenvalue weighted by Gasteiger charge is 2.39. The van der Waals surface area contributed by atoms with E-state index in [-0.39, 0.29) is 23.6 Å². The second-order valence-corrected chi connectivity index (χ2v) is 9.65. The molecule has 0 bridgehead atoms. The summed E-state index contributed by atoms with van der Waals surface area (Å²) < 4.78 is 31.7. The van der Waals surface area contributed by atoms with Crippen LogP contribution >= 0.6 is 0 Å². The highest BCUT2D eigenvalue weighted by atomic mass is 19.4. The Morgan fingerprint density at radius 2 is 1.45 bits per heavy atom. The molecule has 0 unspecified atom stereocenters. The van der Waals surface area contributed by atoms with Gasteiger partial charge in [0.1, 0.15) is 11.9 Å². The van der Waals surface area contributed by atoms with Crippen LogP contribution in [0.15, 0.2) is 84.9 Å². The van der Waals surface area contributed by atoms with Gasteiger partial charge in [0.05, 0.1) is 6.04 Å². The molecule has 0 spiro atoms. The molecule has 1 aliphatic rings. The number of nitrogens with two attached hydrogens (primary N) is 2. The lowest BCUT2D eigenvalue weighted by molar-refractivity contribution is -0.192. The number of hydrogen-bond donors (Lipinski definition) is 5. The van der Waals surface area contributed by atoms with Gasteiger partial charge < -0.3 is 26.8 Å². The van der Waals surface area contributed by atoms with E-state index < -0.39 is 24.2 Å². The summed E-state index contributed by atoms with van der Waals surface area (Å²) in [7, 11) is 0. The third-order valence-corrected chi connectivity index (χ3v) is 6.77. The number of carboxylic acid groups (broad SMARTS) is 1. The zero-order valence-corrected chi connectivity index (χ0v) is 22.6. The van der Waals surface area contributed by atoms with Gasteiger partial charge in [-0.2, -0.15) is 13.2 Å². The number of amides is 2. The molecule has 7 N–H and O–H groups in total. The Balaban J connectivity index is 0.000000616. The van der Waals surface area contributed by atoms with Gasteiger partial charge in [0, 0.05) is 24.6 Å². The Bertz CT molecular complexity index is 1330. The summed E-state index contributed by atoms with van der Waals surface area (Å²) in [4.78, 5) is 37.2. The molecule has 2 amide bonds. The molecular formula is C30H32F3N5O4. The van der Waals surface area contributed by atoms with Gasteiger partial charge in [0.15, 0.2) is 0 Å². The number of hydrogen-bond acceptors (Lipinski definition) is 5. The number of nitrogen functional groups attached to an aromatic ring is 1. The topological polar surface area (TPSA) is 163 Å². The van der Waals surface area contributed by atoms with Crippen LogP contribution in [0.5, 0.6) is 0 Å². The lowest BCUT2D eigenvalue weighted by atomic mass is 9.84. The number of likely N-dealkylation sites (tertiary alicyclic amines) is 1. The number of rotatable bonds is 8. The van der Waals surface area contributed by atoms with Crippen molar-refractivity contribution in [1.29, 1.82) is 5.41 Å². The Kier molecular flexibility index (Phi) is 10.8. The SMILES string of the molecule is N=C(N)c1ccc(CNC(=O)[C@@H]2CCCN2C(=O)[C@H](N)C(c2ccccc2)c2ccccc2)cc1.O=C(O)C(F)(F)F. The molecule has 1 heterocycles. The van der Waals surface area contributed by atoms with Crippen molar-refractivity contribution in [3.05, 3.63) is 107 Å². The number of carbonyl (C=O) groups is 3. The van der Waals surface area contributed by atoms with E-state index in [1.165, 1.54) is 0 Å². The Hall–Kier alpha value is -4.71. The lowest BCUT2D eigenvalue weighted by Crippen LogP contribution is -2.52. The molecule has 222 valence electrons. The molecule has 1 aliphatic heterocycles. The molecule has 0 radical (unpaired) electrons. The summed E-state index contributed by atoms with van der Waals surface area (Å²) in [5.74, 6) is -3.47. The quantitative estimate of drug-likeness (QED) is 0.202. The molecule has 9 nitrogen and oxygen atoms in total. The van der Waals surface area contributed by atoms with E-state index in [0.717, 1.165) is 23.1 Å². The van der Waals surface area contributed by atoms with E-state index in [0.29, 0.717) is 25.1 Å². The number of nitrogens with zero attached hydrogens (tertiary/aromatic N) is 1. The first-order valence-electron chi connectivity index (χ1n) is 13.1. The highest BCUT2D eigenvalue weighted by molar-refractivity contribution is 5.95. The van der Waals surface area contributed by atoms with Crippen LogP contribution in [0.4, 0.5) is 13.2 Å². The molecular weight excluding hydrogens is 551 g/mol. The number of carbonyl (C=O) groups excluding carboxylic acids is 2. The molecule has 0 aliphatic carbocycles. The maximum absolute atomic E-state index is 13.6. The number of nitrogens with one attached hydrogen (secondary N) is 2. The van der Waals surface area contributed by atoms with Crippen molar-refractivity contribution < 1.29 is 32.7 Å². The average molecular weight is 584 g/mol. The van der Waals surface area contributed by atoms with Crippen LogP contribution in [0.1, 0.15) is 41.0 Å². The van der Waals surface area contributed by atoms with Gasteiger partial charge in [0.2, 0.25) is 11.8 Å². The standard InChI is InChI=1S/C28H31N5O2.C2HF3O2/c29-25(24(20-8-3-1-4-9-20)21-10-5-2-6-11-21)28(35)33-17-7-12-23(33)27(34)32-18-19-13-15-22(16-14-19)26(30)31;3-2(4,5)1(6)7/h1-6,8-11,13-16,23-25H,7,12,17-18,29H2,(H3,30,31)(H,32,34);(H,6,7)/t23-,25+;/m0./s1. The molecule has 1 fully saturated rings. The van der Waals surface area contributed by atoms with Crippen molar-refractivity contribution in [3.63, 3.8) is 0 Å². The zero-order chi connectivity index (χ0) is 30.9. The molecule has 4 rings (SSSR count). The Labute approximate surface area is 240 Å². The number of aliphatic carboxylic acids is 1. The number of benzene rings is 3. The van der Waals surface area contributed by atoms with Crippen LogP contribution in [0, 0.1) is 5.41 Å². The largest absolute Gasteiger partial charge is 0.490 e. The second kappa shape index (κ2) is 14.3. The molecule has 2 atom stereocenters. The number of carboxylic acids is 1. The van der Waals surface area contributed by atoms with E-state index in [1.807, 2.05) is 72.8 Å². The monoisotopic (exact) mass is 583 g/mol. The van der Waals surface area contributed by atoms with Crippen molar-refractivity contribution in [1.82, 2.24) is 10.2 Å². The van der Waals surface area contributed by atoms with Crippen LogP contribution in [-0.4, -0.2) is 58.4 Å². The van der Waals surface area contributed by atoms with E-state index >= 15 is 0 Å². The van der Waals surface area contributed by atoms with Crippen molar-refractivity contribution >= 4 is 23.6 Å². The fraction of sp³-hybridized carbons (Fsp3) is 0.267. The van der Waals surface area contributed by atoms with Gasteiger partial charge in [-0.3, -0.25) is 15.0 Å². The fourth-order valence-electron chi connectivity index (χ4n) is 4.67. The molecule has 0 saturated carbocycles. The normalized spacial score (nSPS) is 15.4. The second-order valence-electron chi connectivity index (χ2n) is 9.65. The Morgan fingerprint density at radius 1 is 0.952 bits per heavy atom. The van der Waals surface area contributed by atoms with Gasteiger partial charge in [0.25, 0.3) is 0 Å². The third-order valence-electron chi connectivity index (χ3n) is 6.77. The fourth-order valence-corrected chi connectivity index (χ4v) is 4.67. The van der Waals surface area contributed by atoms with Gasteiger partial charge in [-0.1, -0.05) is 84.9 Å². The van der Waals surface area contributed by atoms with Crippen LogP contribution in [0.3, 0.4) is 0 Å². The first-order valence-corrected chi connectivity index (χ1v) is 13.1.